The van der Waals surface area contributed by atoms with Gasteiger partial charge in [0.05, 0.1) is 0 Å². The third kappa shape index (κ3) is 3.17. The summed E-state index contributed by atoms with van der Waals surface area (Å²) in [5.41, 5.74) is -0.106. The standard InChI is InChI=1S/C15H20N2O3/c1-2-16-13(18)11-5-7-12(8-6-11)17-14(19)15(20)9-3-4-10-15/h5-8,20H,2-4,9-10H2,1H3,(H,16,18)(H,17,19). The molecular formula is C15H20N2O3. The zero-order valence-corrected chi connectivity index (χ0v) is 11.6. The van der Waals surface area contributed by atoms with Gasteiger partial charge in [-0.15, -0.1) is 0 Å². The Morgan fingerprint density at radius 3 is 2.35 bits per heavy atom. The van der Waals surface area contributed by atoms with Gasteiger partial charge in [-0.1, -0.05) is 0 Å². The Bertz CT molecular complexity index is 490. The van der Waals surface area contributed by atoms with Gasteiger partial charge in [-0.3, -0.25) is 9.59 Å². The van der Waals surface area contributed by atoms with Gasteiger partial charge < -0.3 is 15.7 Å². The van der Waals surface area contributed by atoms with Crippen LogP contribution < -0.4 is 10.6 Å². The molecule has 0 saturated heterocycles. The summed E-state index contributed by atoms with van der Waals surface area (Å²) < 4.78 is 0. The minimum absolute atomic E-state index is 0.139. The fourth-order valence-electron chi connectivity index (χ4n) is 2.40. The molecule has 5 nitrogen and oxygen atoms in total. The van der Waals surface area contributed by atoms with Crippen molar-refractivity contribution in [3.8, 4) is 0 Å². The third-order valence-corrected chi connectivity index (χ3v) is 3.60. The van der Waals surface area contributed by atoms with Gasteiger partial charge in [-0.25, -0.2) is 0 Å². The largest absolute Gasteiger partial charge is 0.380 e. The Morgan fingerprint density at radius 1 is 1.20 bits per heavy atom. The number of benzene rings is 1. The van der Waals surface area contributed by atoms with Crippen LogP contribution in [0.5, 0.6) is 0 Å². The summed E-state index contributed by atoms with van der Waals surface area (Å²) >= 11 is 0. The molecule has 20 heavy (non-hydrogen) atoms. The molecule has 0 atom stereocenters. The molecule has 0 bridgehead atoms. The molecule has 1 aliphatic rings. The number of rotatable bonds is 4. The minimum Gasteiger partial charge on any atom is -0.380 e. The Labute approximate surface area is 118 Å². The molecular weight excluding hydrogens is 256 g/mol. The van der Waals surface area contributed by atoms with E-state index in [1.54, 1.807) is 24.3 Å². The van der Waals surface area contributed by atoms with E-state index in [1.165, 1.54) is 0 Å². The van der Waals surface area contributed by atoms with Gasteiger partial charge in [0.15, 0.2) is 0 Å². The maximum Gasteiger partial charge on any atom is 0.256 e. The molecule has 1 fully saturated rings. The van der Waals surface area contributed by atoms with E-state index < -0.39 is 5.60 Å². The van der Waals surface area contributed by atoms with Crippen LogP contribution in [0.3, 0.4) is 0 Å². The summed E-state index contributed by atoms with van der Waals surface area (Å²) in [7, 11) is 0. The number of hydrogen-bond donors (Lipinski definition) is 3. The van der Waals surface area contributed by atoms with E-state index in [0.29, 0.717) is 30.6 Å². The molecule has 2 amide bonds. The van der Waals surface area contributed by atoms with Crippen LogP contribution in [0.25, 0.3) is 0 Å². The molecule has 1 aromatic carbocycles. The Balaban J connectivity index is 2.00. The topological polar surface area (TPSA) is 78.4 Å². The molecule has 0 spiro atoms. The van der Waals surface area contributed by atoms with Crippen molar-refractivity contribution in [2.24, 2.45) is 0 Å². The van der Waals surface area contributed by atoms with E-state index >= 15 is 0 Å². The summed E-state index contributed by atoms with van der Waals surface area (Å²) in [6.07, 6.45) is 2.77. The molecule has 0 radical (unpaired) electrons. The third-order valence-electron chi connectivity index (χ3n) is 3.60. The van der Waals surface area contributed by atoms with Gasteiger partial charge in [0.2, 0.25) is 0 Å². The molecule has 1 aliphatic carbocycles. The lowest BCUT2D eigenvalue weighted by Crippen LogP contribution is -2.40. The molecule has 1 saturated carbocycles. The first-order valence-electron chi connectivity index (χ1n) is 6.97. The van der Waals surface area contributed by atoms with Gasteiger partial charge in [0, 0.05) is 17.8 Å². The fourth-order valence-corrected chi connectivity index (χ4v) is 2.40. The Kier molecular flexibility index (Phi) is 4.39. The average molecular weight is 276 g/mol. The first kappa shape index (κ1) is 14.5. The van der Waals surface area contributed by atoms with Crippen molar-refractivity contribution in [3.63, 3.8) is 0 Å². The Hall–Kier alpha value is -1.88. The molecule has 108 valence electrons. The van der Waals surface area contributed by atoms with Gasteiger partial charge in [0.1, 0.15) is 5.60 Å². The zero-order valence-electron chi connectivity index (χ0n) is 11.6. The smallest absolute Gasteiger partial charge is 0.256 e. The number of amides is 2. The van der Waals surface area contributed by atoms with Crippen LogP contribution in [0, 0.1) is 0 Å². The first-order valence-corrected chi connectivity index (χ1v) is 6.97. The lowest BCUT2D eigenvalue weighted by Gasteiger charge is -2.20. The maximum atomic E-state index is 12.0. The van der Waals surface area contributed by atoms with E-state index in [-0.39, 0.29) is 11.8 Å². The second-order valence-corrected chi connectivity index (χ2v) is 5.13. The molecule has 0 unspecified atom stereocenters. The van der Waals surface area contributed by atoms with Crippen LogP contribution in [0.15, 0.2) is 24.3 Å². The summed E-state index contributed by atoms with van der Waals surface area (Å²) in [5, 5.41) is 15.6. The van der Waals surface area contributed by atoms with Crippen molar-refractivity contribution in [3.05, 3.63) is 29.8 Å². The molecule has 0 aliphatic heterocycles. The minimum atomic E-state index is -1.24. The number of carbonyl (C=O) groups excluding carboxylic acids is 2. The number of nitrogens with one attached hydrogen (secondary N) is 2. The molecule has 5 heteroatoms. The summed E-state index contributed by atoms with van der Waals surface area (Å²) in [4.78, 5) is 23.6. The molecule has 0 heterocycles. The van der Waals surface area contributed by atoms with Gasteiger partial charge in [0.25, 0.3) is 11.8 Å². The lowest BCUT2D eigenvalue weighted by molar-refractivity contribution is -0.133. The molecule has 1 aromatic rings. The van der Waals surface area contributed by atoms with Crippen molar-refractivity contribution in [1.82, 2.24) is 5.32 Å². The van der Waals surface area contributed by atoms with Crippen LogP contribution in [0.4, 0.5) is 5.69 Å². The highest BCUT2D eigenvalue weighted by molar-refractivity contribution is 5.98. The summed E-state index contributed by atoms with van der Waals surface area (Å²) in [6.45, 7) is 2.43. The average Bonchev–Trinajstić information content (AvgIpc) is 2.88. The van der Waals surface area contributed by atoms with Crippen LogP contribution in [-0.4, -0.2) is 29.1 Å². The monoisotopic (exact) mass is 276 g/mol. The lowest BCUT2D eigenvalue weighted by atomic mass is 10.0. The fraction of sp³-hybridized carbons (Fsp3) is 0.467. The Morgan fingerprint density at radius 2 is 1.80 bits per heavy atom. The highest BCUT2D eigenvalue weighted by Crippen LogP contribution is 2.30. The van der Waals surface area contributed by atoms with Crippen LogP contribution >= 0.6 is 0 Å². The van der Waals surface area contributed by atoms with Gasteiger partial charge >= 0.3 is 0 Å². The quantitative estimate of drug-likeness (QED) is 0.783. The van der Waals surface area contributed by atoms with E-state index in [0.717, 1.165) is 12.8 Å². The second kappa shape index (κ2) is 6.05. The zero-order chi connectivity index (χ0) is 14.6. The summed E-state index contributed by atoms with van der Waals surface area (Å²) in [5.74, 6) is -0.499. The van der Waals surface area contributed by atoms with E-state index in [9.17, 15) is 14.7 Å². The van der Waals surface area contributed by atoms with E-state index in [2.05, 4.69) is 10.6 Å². The van der Waals surface area contributed by atoms with Crippen LogP contribution in [0.2, 0.25) is 0 Å². The number of anilines is 1. The predicted octanol–water partition coefficient (Wildman–Crippen LogP) is 1.68. The van der Waals surface area contributed by atoms with E-state index in [1.807, 2.05) is 6.92 Å². The van der Waals surface area contributed by atoms with Crippen molar-refractivity contribution < 1.29 is 14.7 Å². The first-order chi connectivity index (χ1) is 9.55. The molecule has 2 rings (SSSR count). The predicted molar refractivity (Wildman–Crippen MR) is 76.5 cm³/mol. The highest BCUT2D eigenvalue weighted by atomic mass is 16.3. The highest BCUT2D eigenvalue weighted by Gasteiger charge is 2.38. The second-order valence-electron chi connectivity index (χ2n) is 5.13. The van der Waals surface area contributed by atoms with Gasteiger partial charge in [-0.05, 0) is 56.9 Å². The van der Waals surface area contributed by atoms with Crippen LogP contribution in [0.1, 0.15) is 43.0 Å². The number of hydrogen-bond acceptors (Lipinski definition) is 3. The normalized spacial score (nSPS) is 16.7. The van der Waals surface area contributed by atoms with Gasteiger partial charge in [-0.2, -0.15) is 0 Å². The van der Waals surface area contributed by atoms with Crippen molar-refractivity contribution in [2.45, 2.75) is 38.2 Å². The molecule has 3 N–H and O–H groups in total. The van der Waals surface area contributed by atoms with Crippen LogP contribution in [-0.2, 0) is 4.79 Å². The van der Waals surface area contributed by atoms with Crippen molar-refractivity contribution >= 4 is 17.5 Å². The van der Waals surface area contributed by atoms with Crippen molar-refractivity contribution in [1.29, 1.82) is 0 Å². The van der Waals surface area contributed by atoms with Crippen molar-refractivity contribution in [2.75, 3.05) is 11.9 Å². The number of aliphatic hydroxyl groups is 1. The molecule has 0 aromatic heterocycles. The van der Waals surface area contributed by atoms with E-state index in [4.69, 9.17) is 0 Å². The maximum absolute atomic E-state index is 12.0. The SMILES string of the molecule is CCNC(=O)c1ccc(NC(=O)C2(O)CCCC2)cc1. The summed E-state index contributed by atoms with van der Waals surface area (Å²) in [6, 6.07) is 6.64. The number of carbonyl (C=O) groups is 2.